The fraction of sp³-hybridized carbons (Fsp3) is 0.529. The predicted molar refractivity (Wildman–Crippen MR) is 82.5 cm³/mol. The van der Waals surface area contributed by atoms with Gasteiger partial charge in [-0.25, -0.2) is 4.39 Å². The first-order valence-electron chi connectivity index (χ1n) is 7.88. The van der Waals surface area contributed by atoms with Crippen molar-refractivity contribution in [2.45, 2.75) is 25.3 Å². The molecule has 2 atom stereocenters. The number of hydrogen-bond acceptors (Lipinski definition) is 3. The summed E-state index contributed by atoms with van der Waals surface area (Å²) < 4.78 is 18.7. The number of likely N-dealkylation sites (N-methyl/N-ethyl adjacent to an activating group) is 1. The lowest BCUT2D eigenvalue weighted by molar-refractivity contribution is -0.136. The number of rotatable bonds is 3. The van der Waals surface area contributed by atoms with E-state index >= 15 is 0 Å². The van der Waals surface area contributed by atoms with E-state index < -0.39 is 0 Å². The van der Waals surface area contributed by atoms with Gasteiger partial charge in [0.1, 0.15) is 11.6 Å². The van der Waals surface area contributed by atoms with Crippen molar-refractivity contribution in [3.05, 3.63) is 29.6 Å². The van der Waals surface area contributed by atoms with Crippen LogP contribution in [0.3, 0.4) is 0 Å². The molecular weight excluding hydrogens is 299 g/mol. The van der Waals surface area contributed by atoms with Crippen LogP contribution in [0.15, 0.2) is 18.2 Å². The first kappa shape index (κ1) is 15.8. The maximum atomic E-state index is 13.5. The lowest BCUT2D eigenvalue weighted by Crippen LogP contribution is -2.49. The number of likely N-dealkylation sites (tertiary alicyclic amines) is 2. The number of fused-ring (bicyclic) bond motifs is 1. The van der Waals surface area contributed by atoms with Crippen LogP contribution < -0.4 is 4.74 Å². The number of methoxy groups -OCH3 is 1. The monoisotopic (exact) mass is 320 g/mol. The first-order chi connectivity index (χ1) is 11.0. The third-order valence-electron chi connectivity index (χ3n) is 4.84. The molecule has 0 aliphatic carbocycles. The molecule has 0 radical (unpaired) electrons. The number of carbonyl (C=O) groups excluding carboxylic acids is 2. The normalized spacial score (nSPS) is 23.9. The van der Waals surface area contributed by atoms with E-state index in [1.807, 2.05) is 0 Å². The average Bonchev–Trinajstić information content (AvgIpc) is 2.82. The number of carbonyl (C=O) groups is 2. The van der Waals surface area contributed by atoms with Crippen LogP contribution >= 0.6 is 0 Å². The van der Waals surface area contributed by atoms with Crippen molar-refractivity contribution in [3.63, 3.8) is 0 Å². The molecule has 5 nitrogen and oxygen atoms in total. The minimum Gasteiger partial charge on any atom is -0.496 e. The van der Waals surface area contributed by atoms with Crippen molar-refractivity contribution in [2.24, 2.45) is 5.92 Å². The van der Waals surface area contributed by atoms with Crippen LogP contribution in [0.1, 0.15) is 18.4 Å². The predicted octanol–water partition coefficient (Wildman–Crippen LogP) is 1.46. The summed E-state index contributed by atoms with van der Waals surface area (Å²) in [6.07, 6.45) is 1.75. The Morgan fingerprint density at radius 1 is 1.43 bits per heavy atom. The van der Waals surface area contributed by atoms with Crippen LogP contribution in [0.25, 0.3) is 0 Å². The second-order valence-electron chi connectivity index (χ2n) is 6.25. The number of ether oxygens (including phenoxy) is 1. The van der Waals surface area contributed by atoms with E-state index in [2.05, 4.69) is 0 Å². The van der Waals surface area contributed by atoms with Gasteiger partial charge >= 0.3 is 0 Å². The highest BCUT2D eigenvalue weighted by Gasteiger charge is 2.45. The molecule has 0 unspecified atom stereocenters. The highest BCUT2D eigenvalue weighted by molar-refractivity contribution is 5.85. The highest BCUT2D eigenvalue weighted by Crippen LogP contribution is 2.32. The molecule has 0 spiro atoms. The molecule has 2 saturated heterocycles. The molecule has 2 aliphatic rings. The average molecular weight is 320 g/mol. The van der Waals surface area contributed by atoms with Crippen LogP contribution in [-0.4, -0.2) is 54.9 Å². The van der Waals surface area contributed by atoms with Gasteiger partial charge in [-0.1, -0.05) is 0 Å². The van der Waals surface area contributed by atoms with Crippen molar-refractivity contribution in [2.75, 3.05) is 27.2 Å². The van der Waals surface area contributed by atoms with E-state index in [-0.39, 0.29) is 36.0 Å². The molecule has 0 saturated carbocycles. The maximum Gasteiger partial charge on any atom is 0.227 e. The molecule has 2 heterocycles. The van der Waals surface area contributed by atoms with Crippen molar-refractivity contribution in [1.82, 2.24) is 9.80 Å². The van der Waals surface area contributed by atoms with Gasteiger partial charge in [0, 0.05) is 25.7 Å². The van der Waals surface area contributed by atoms with E-state index in [9.17, 15) is 14.0 Å². The molecule has 1 aromatic carbocycles. The Labute approximate surface area is 135 Å². The van der Waals surface area contributed by atoms with Crippen LogP contribution in [0.5, 0.6) is 5.75 Å². The summed E-state index contributed by atoms with van der Waals surface area (Å²) in [6, 6.07) is 4.12. The van der Waals surface area contributed by atoms with Gasteiger partial charge in [0.05, 0.1) is 25.5 Å². The summed E-state index contributed by atoms with van der Waals surface area (Å²) in [7, 11) is 3.28. The van der Waals surface area contributed by atoms with Gasteiger partial charge in [0.2, 0.25) is 11.8 Å². The quantitative estimate of drug-likeness (QED) is 0.847. The molecule has 124 valence electrons. The fourth-order valence-electron chi connectivity index (χ4n) is 3.68. The molecular formula is C17H21FN2O3. The molecule has 0 aromatic heterocycles. The van der Waals surface area contributed by atoms with E-state index in [0.717, 1.165) is 12.8 Å². The van der Waals surface area contributed by atoms with Gasteiger partial charge in [-0.05, 0) is 31.0 Å². The Bertz CT molecular complexity index is 634. The Kier molecular flexibility index (Phi) is 4.24. The number of nitrogens with zero attached hydrogens (tertiary/aromatic N) is 2. The van der Waals surface area contributed by atoms with E-state index in [4.69, 9.17) is 4.74 Å². The summed E-state index contributed by atoms with van der Waals surface area (Å²) in [6.45, 7) is 1.23. The van der Waals surface area contributed by atoms with Crippen molar-refractivity contribution >= 4 is 11.8 Å². The van der Waals surface area contributed by atoms with Crippen LogP contribution in [0.2, 0.25) is 0 Å². The molecule has 23 heavy (non-hydrogen) atoms. The molecule has 3 rings (SSSR count). The standard InChI is InChI=1S/C17H21FN2O3/c1-19-10-14-13(17(19)22)4-3-7-20(14)16(21)9-11-8-12(18)5-6-15(11)23-2/h5-6,8,13-14H,3-4,7,9-10H2,1-2H3/t13-,14-/m1/s1. The number of amides is 2. The lowest BCUT2D eigenvalue weighted by Gasteiger charge is -2.36. The van der Waals surface area contributed by atoms with Crippen molar-refractivity contribution < 1.29 is 18.7 Å². The Morgan fingerprint density at radius 2 is 2.22 bits per heavy atom. The van der Waals surface area contributed by atoms with Gasteiger partial charge in [0.25, 0.3) is 0 Å². The van der Waals surface area contributed by atoms with E-state index in [0.29, 0.717) is 24.4 Å². The molecule has 2 amide bonds. The maximum absolute atomic E-state index is 13.5. The van der Waals surface area contributed by atoms with E-state index in [1.165, 1.54) is 25.3 Å². The molecule has 0 bridgehead atoms. The number of halogens is 1. The second-order valence-corrected chi connectivity index (χ2v) is 6.25. The van der Waals surface area contributed by atoms with Gasteiger partial charge in [-0.3, -0.25) is 9.59 Å². The highest BCUT2D eigenvalue weighted by atomic mass is 19.1. The number of hydrogen-bond donors (Lipinski definition) is 0. The zero-order chi connectivity index (χ0) is 16.6. The number of benzene rings is 1. The topological polar surface area (TPSA) is 49.9 Å². The molecule has 1 aromatic rings. The van der Waals surface area contributed by atoms with Crippen LogP contribution in [0, 0.1) is 11.7 Å². The zero-order valence-corrected chi connectivity index (χ0v) is 13.4. The van der Waals surface area contributed by atoms with Gasteiger partial charge < -0.3 is 14.5 Å². The Hall–Kier alpha value is -2.11. The largest absolute Gasteiger partial charge is 0.496 e. The smallest absolute Gasteiger partial charge is 0.227 e. The SMILES string of the molecule is COc1ccc(F)cc1CC(=O)N1CCC[C@H]2C(=O)N(C)C[C@H]21. The third kappa shape index (κ3) is 2.90. The van der Waals surface area contributed by atoms with Crippen LogP contribution in [-0.2, 0) is 16.0 Å². The first-order valence-corrected chi connectivity index (χ1v) is 7.88. The second kappa shape index (κ2) is 6.18. The summed E-state index contributed by atoms with van der Waals surface area (Å²) in [5, 5.41) is 0. The minimum atomic E-state index is -0.388. The summed E-state index contributed by atoms with van der Waals surface area (Å²) in [4.78, 5) is 28.3. The lowest BCUT2D eigenvalue weighted by atomic mass is 9.91. The van der Waals surface area contributed by atoms with Crippen molar-refractivity contribution in [1.29, 1.82) is 0 Å². The molecule has 0 N–H and O–H groups in total. The Balaban J connectivity index is 1.78. The van der Waals surface area contributed by atoms with Crippen molar-refractivity contribution in [3.8, 4) is 5.75 Å². The van der Waals surface area contributed by atoms with Gasteiger partial charge in [-0.15, -0.1) is 0 Å². The third-order valence-corrected chi connectivity index (χ3v) is 4.84. The molecule has 2 aliphatic heterocycles. The summed E-state index contributed by atoms with van der Waals surface area (Å²) in [5.74, 6) is 0.0727. The van der Waals surface area contributed by atoms with Crippen LogP contribution in [0.4, 0.5) is 4.39 Å². The summed E-state index contributed by atoms with van der Waals surface area (Å²) in [5.41, 5.74) is 0.539. The Morgan fingerprint density at radius 3 is 2.96 bits per heavy atom. The molecule has 2 fully saturated rings. The van der Waals surface area contributed by atoms with Gasteiger partial charge in [0.15, 0.2) is 0 Å². The molecule has 6 heteroatoms. The number of piperidine rings is 1. The summed E-state index contributed by atoms with van der Waals surface area (Å²) >= 11 is 0. The van der Waals surface area contributed by atoms with Gasteiger partial charge in [-0.2, -0.15) is 0 Å². The minimum absolute atomic E-state index is 0.0618. The zero-order valence-electron chi connectivity index (χ0n) is 13.4. The fourth-order valence-corrected chi connectivity index (χ4v) is 3.68. The van der Waals surface area contributed by atoms with E-state index in [1.54, 1.807) is 16.8 Å².